The fourth-order valence-electron chi connectivity index (χ4n) is 2.81. The summed E-state index contributed by atoms with van der Waals surface area (Å²) in [4.78, 5) is 20.8. The summed E-state index contributed by atoms with van der Waals surface area (Å²) < 4.78 is 1.02. The maximum absolute atomic E-state index is 12.7. The van der Waals surface area contributed by atoms with Crippen molar-refractivity contribution in [1.29, 1.82) is 0 Å². The molecule has 120 valence electrons. The van der Waals surface area contributed by atoms with Crippen LogP contribution < -0.4 is 0 Å². The summed E-state index contributed by atoms with van der Waals surface area (Å²) >= 11 is 3.47. The van der Waals surface area contributed by atoms with Crippen molar-refractivity contribution in [1.82, 2.24) is 9.97 Å². The molecule has 3 aromatic rings. The first kappa shape index (κ1) is 16.5. The largest absolute Gasteiger partial charge is 0.292 e. The first-order valence-corrected chi connectivity index (χ1v) is 8.54. The summed E-state index contributed by atoms with van der Waals surface area (Å²) in [7, 11) is 0. The minimum atomic E-state index is -0.00574. The first-order valence-electron chi connectivity index (χ1n) is 7.75. The molecule has 1 heterocycles. The number of aryl methyl sites for hydroxylation is 1. The fraction of sp³-hybridized carbons (Fsp3) is 0.150. The lowest BCUT2D eigenvalue weighted by atomic mass is 9.84. The van der Waals surface area contributed by atoms with Gasteiger partial charge in [0.05, 0.1) is 6.20 Å². The Balaban J connectivity index is 1.98. The van der Waals surface area contributed by atoms with E-state index >= 15 is 0 Å². The zero-order chi connectivity index (χ0) is 16.9. The SMILES string of the molecule is Cc1ccccc1C(CC(=O)c1cnccn1)c1ccc(Br)cc1. The predicted octanol–water partition coefficient (Wildman–Crippen LogP) is 4.95. The zero-order valence-corrected chi connectivity index (χ0v) is 14.9. The third-order valence-corrected chi connectivity index (χ3v) is 4.60. The van der Waals surface area contributed by atoms with Crippen molar-refractivity contribution in [3.8, 4) is 0 Å². The molecule has 0 aliphatic heterocycles. The maximum atomic E-state index is 12.7. The highest BCUT2D eigenvalue weighted by Crippen LogP contribution is 2.32. The summed E-state index contributed by atoms with van der Waals surface area (Å²) in [5.74, 6) is -0.00641. The molecule has 3 rings (SSSR count). The van der Waals surface area contributed by atoms with E-state index in [4.69, 9.17) is 0 Å². The molecule has 0 aliphatic carbocycles. The molecule has 0 bridgehead atoms. The molecule has 0 fully saturated rings. The Morgan fingerprint density at radius 1 is 1.08 bits per heavy atom. The molecular weight excluding hydrogens is 364 g/mol. The average molecular weight is 381 g/mol. The Morgan fingerprint density at radius 2 is 1.83 bits per heavy atom. The van der Waals surface area contributed by atoms with Crippen LogP contribution in [0.5, 0.6) is 0 Å². The van der Waals surface area contributed by atoms with E-state index in [1.807, 2.05) is 24.3 Å². The smallest absolute Gasteiger partial charge is 0.183 e. The normalized spacial score (nSPS) is 11.9. The first-order chi connectivity index (χ1) is 11.6. The van der Waals surface area contributed by atoms with Crippen LogP contribution in [0.3, 0.4) is 0 Å². The van der Waals surface area contributed by atoms with Crippen molar-refractivity contribution in [2.45, 2.75) is 19.3 Å². The van der Waals surface area contributed by atoms with Gasteiger partial charge in [-0.05, 0) is 35.7 Å². The second-order valence-corrected chi connectivity index (χ2v) is 6.59. The van der Waals surface area contributed by atoms with Gasteiger partial charge in [-0.1, -0.05) is 52.3 Å². The van der Waals surface area contributed by atoms with Crippen molar-refractivity contribution in [2.24, 2.45) is 0 Å². The Kier molecular flexibility index (Phi) is 5.16. The quantitative estimate of drug-likeness (QED) is 0.587. The van der Waals surface area contributed by atoms with Crippen molar-refractivity contribution >= 4 is 21.7 Å². The molecular formula is C20H17BrN2O. The topological polar surface area (TPSA) is 42.9 Å². The van der Waals surface area contributed by atoms with Crippen molar-refractivity contribution in [3.05, 3.63) is 94.0 Å². The number of carbonyl (C=O) groups is 1. The van der Waals surface area contributed by atoms with Crippen LogP contribution in [0.2, 0.25) is 0 Å². The van der Waals surface area contributed by atoms with E-state index in [2.05, 4.69) is 57.1 Å². The molecule has 0 radical (unpaired) electrons. The van der Waals surface area contributed by atoms with Gasteiger partial charge in [0.2, 0.25) is 0 Å². The predicted molar refractivity (Wildman–Crippen MR) is 98.1 cm³/mol. The lowest BCUT2D eigenvalue weighted by Gasteiger charge is -2.19. The van der Waals surface area contributed by atoms with Gasteiger partial charge in [-0.15, -0.1) is 0 Å². The number of carbonyl (C=O) groups excluding carboxylic acids is 1. The highest BCUT2D eigenvalue weighted by atomic mass is 79.9. The van der Waals surface area contributed by atoms with E-state index in [0.29, 0.717) is 12.1 Å². The van der Waals surface area contributed by atoms with Crippen LogP contribution >= 0.6 is 15.9 Å². The Bertz CT molecular complexity index is 832. The summed E-state index contributed by atoms with van der Waals surface area (Å²) in [6, 6.07) is 16.3. The number of hydrogen-bond donors (Lipinski definition) is 0. The highest BCUT2D eigenvalue weighted by molar-refractivity contribution is 9.10. The van der Waals surface area contributed by atoms with Crippen LogP contribution in [0.4, 0.5) is 0 Å². The molecule has 0 amide bonds. The Labute approximate surface area is 149 Å². The van der Waals surface area contributed by atoms with E-state index in [0.717, 1.165) is 15.6 Å². The second kappa shape index (κ2) is 7.49. The van der Waals surface area contributed by atoms with E-state index < -0.39 is 0 Å². The lowest BCUT2D eigenvalue weighted by molar-refractivity contribution is 0.0972. The van der Waals surface area contributed by atoms with E-state index in [1.165, 1.54) is 11.8 Å². The van der Waals surface area contributed by atoms with Gasteiger partial charge in [-0.3, -0.25) is 9.78 Å². The van der Waals surface area contributed by atoms with Gasteiger partial charge < -0.3 is 0 Å². The molecule has 1 unspecified atom stereocenters. The monoisotopic (exact) mass is 380 g/mol. The summed E-state index contributed by atoms with van der Waals surface area (Å²) in [5.41, 5.74) is 3.87. The van der Waals surface area contributed by atoms with Crippen LogP contribution in [-0.2, 0) is 0 Å². The van der Waals surface area contributed by atoms with Gasteiger partial charge >= 0.3 is 0 Å². The Hall–Kier alpha value is -2.33. The fourth-order valence-corrected chi connectivity index (χ4v) is 3.08. The number of aromatic nitrogens is 2. The molecule has 0 N–H and O–H groups in total. The van der Waals surface area contributed by atoms with Gasteiger partial charge in [0.1, 0.15) is 5.69 Å². The van der Waals surface area contributed by atoms with Crippen LogP contribution in [0.15, 0.2) is 71.6 Å². The molecule has 4 heteroatoms. The van der Waals surface area contributed by atoms with Crippen LogP contribution in [0.1, 0.15) is 39.5 Å². The number of rotatable bonds is 5. The van der Waals surface area contributed by atoms with Gasteiger partial charge in [-0.25, -0.2) is 4.98 Å². The lowest BCUT2D eigenvalue weighted by Crippen LogP contribution is -2.11. The van der Waals surface area contributed by atoms with E-state index in [1.54, 1.807) is 12.4 Å². The van der Waals surface area contributed by atoms with Crippen LogP contribution in [0, 0.1) is 6.92 Å². The number of ketones is 1. The minimum Gasteiger partial charge on any atom is -0.292 e. The van der Waals surface area contributed by atoms with E-state index in [-0.39, 0.29) is 11.7 Å². The zero-order valence-electron chi connectivity index (χ0n) is 13.3. The van der Waals surface area contributed by atoms with Gasteiger partial charge in [0, 0.05) is 29.2 Å². The maximum Gasteiger partial charge on any atom is 0.183 e. The average Bonchev–Trinajstić information content (AvgIpc) is 2.62. The summed E-state index contributed by atoms with van der Waals surface area (Å²) in [5, 5.41) is 0. The van der Waals surface area contributed by atoms with Gasteiger partial charge in [0.15, 0.2) is 5.78 Å². The van der Waals surface area contributed by atoms with Crippen molar-refractivity contribution in [2.75, 3.05) is 0 Å². The number of benzene rings is 2. The number of hydrogen-bond acceptors (Lipinski definition) is 3. The number of nitrogens with zero attached hydrogens (tertiary/aromatic N) is 2. The second-order valence-electron chi connectivity index (χ2n) is 5.68. The molecule has 0 saturated carbocycles. The van der Waals surface area contributed by atoms with Crippen molar-refractivity contribution < 1.29 is 4.79 Å². The number of halogens is 1. The molecule has 0 spiro atoms. The van der Waals surface area contributed by atoms with Crippen molar-refractivity contribution in [3.63, 3.8) is 0 Å². The molecule has 0 aliphatic rings. The molecule has 0 saturated heterocycles. The number of Topliss-reactive ketones (excluding diaryl/α,β-unsaturated/α-hetero) is 1. The molecule has 1 atom stereocenters. The standard InChI is InChI=1S/C20H17BrN2O/c1-14-4-2-3-5-17(14)18(15-6-8-16(21)9-7-15)12-20(24)19-13-22-10-11-23-19/h2-11,13,18H,12H2,1H3. The minimum absolute atomic E-state index is 0.000674. The van der Waals surface area contributed by atoms with Crippen LogP contribution in [0.25, 0.3) is 0 Å². The summed E-state index contributed by atoms with van der Waals surface area (Å²) in [6.07, 6.45) is 5.02. The summed E-state index contributed by atoms with van der Waals surface area (Å²) in [6.45, 7) is 2.08. The van der Waals surface area contributed by atoms with Gasteiger partial charge in [-0.2, -0.15) is 0 Å². The highest BCUT2D eigenvalue weighted by Gasteiger charge is 2.21. The molecule has 24 heavy (non-hydrogen) atoms. The van der Waals surface area contributed by atoms with Crippen LogP contribution in [-0.4, -0.2) is 15.8 Å². The molecule has 2 aromatic carbocycles. The van der Waals surface area contributed by atoms with Gasteiger partial charge in [0.25, 0.3) is 0 Å². The molecule has 3 nitrogen and oxygen atoms in total. The third-order valence-electron chi connectivity index (χ3n) is 4.07. The third kappa shape index (κ3) is 3.77. The molecule has 1 aromatic heterocycles. The Morgan fingerprint density at radius 3 is 2.50 bits per heavy atom. The van der Waals surface area contributed by atoms with E-state index in [9.17, 15) is 4.79 Å².